The molecule has 3 N–H and O–H groups in total. The Bertz CT molecular complexity index is 778. The van der Waals surface area contributed by atoms with Crippen LogP contribution in [0.3, 0.4) is 0 Å². The van der Waals surface area contributed by atoms with E-state index in [9.17, 15) is 13.2 Å². The largest absolute Gasteiger partial charge is 0.573 e. The highest BCUT2D eigenvalue weighted by atomic mass is 19.4. The Morgan fingerprint density at radius 3 is 2.33 bits per heavy atom. The van der Waals surface area contributed by atoms with Gasteiger partial charge in [-0.3, -0.25) is 5.10 Å². The number of nitrogen functional groups attached to an aromatic ring is 1. The van der Waals surface area contributed by atoms with Gasteiger partial charge in [-0.2, -0.15) is 5.10 Å². The maximum atomic E-state index is 12.1. The number of anilines is 1. The van der Waals surface area contributed by atoms with E-state index >= 15 is 0 Å². The number of H-pyrrole nitrogens is 1. The zero-order valence-corrected chi connectivity index (χ0v) is 10.6. The predicted molar refractivity (Wildman–Crippen MR) is 72.6 cm³/mol. The lowest BCUT2D eigenvalue weighted by molar-refractivity contribution is -0.274. The van der Waals surface area contributed by atoms with Gasteiger partial charge in [-0.1, -0.05) is 18.2 Å². The van der Waals surface area contributed by atoms with Crippen molar-refractivity contribution in [3.63, 3.8) is 0 Å². The van der Waals surface area contributed by atoms with Gasteiger partial charge in [-0.25, -0.2) is 0 Å². The molecule has 0 aliphatic carbocycles. The minimum atomic E-state index is -4.69. The number of aromatic nitrogens is 2. The first-order valence-electron chi connectivity index (χ1n) is 6.02. The molecule has 1 heterocycles. The summed E-state index contributed by atoms with van der Waals surface area (Å²) in [4.78, 5) is 0. The quantitative estimate of drug-likeness (QED) is 0.757. The molecule has 2 aromatic carbocycles. The van der Waals surface area contributed by atoms with Crippen LogP contribution in [0.5, 0.6) is 5.75 Å². The molecule has 0 amide bonds. The van der Waals surface area contributed by atoms with Gasteiger partial charge in [0.05, 0.1) is 5.52 Å². The molecule has 4 nitrogen and oxygen atoms in total. The van der Waals surface area contributed by atoms with Gasteiger partial charge in [0.15, 0.2) is 5.82 Å². The van der Waals surface area contributed by atoms with Gasteiger partial charge in [0, 0.05) is 5.39 Å². The van der Waals surface area contributed by atoms with E-state index in [0.717, 1.165) is 22.0 Å². The van der Waals surface area contributed by atoms with Crippen molar-refractivity contribution in [1.82, 2.24) is 10.2 Å². The third-order valence-electron chi connectivity index (χ3n) is 3.01. The van der Waals surface area contributed by atoms with Gasteiger partial charge in [0.25, 0.3) is 0 Å². The van der Waals surface area contributed by atoms with E-state index in [0.29, 0.717) is 5.82 Å². The molecule has 108 valence electrons. The van der Waals surface area contributed by atoms with Crippen LogP contribution in [0.25, 0.3) is 22.0 Å². The van der Waals surface area contributed by atoms with Crippen molar-refractivity contribution in [3.05, 3.63) is 42.5 Å². The third kappa shape index (κ3) is 2.76. The van der Waals surface area contributed by atoms with Gasteiger partial charge in [0.1, 0.15) is 5.75 Å². The number of fused-ring (bicyclic) bond motifs is 1. The van der Waals surface area contributed by atoms with Crippen molar-refractivity contribution in [2.24, 2.45) is 0 Å². The SMILES string of the molecule is Nc1n[nH]c2ccc(-c3ccc(OC(F)(F)F)cc3)cc12. The Labute approximate surface area is 117 Å². The second-order valence-corrected chi connectivity index (χ2v) is 4.44. The highest BCUT2D eigenvalue weighted by Gasteiger charge is 2.30. The number of halogens is 3. The number of ether oxygens (including phenoxy) is 1. The summed E-state index contributed by atoms with van der Waals surface area (Å²) in [5.74, 6) is 0.124. The smallest absolute Gasteiger partial charge is 0.406 e. The highest BCUT2D eigenvalue weighted by Crippen LogP contribution is 2.29. The molecule has 0 spiro atoms. The molecule has 0 radical (unpaired) electrons. The van der Waals surface area contributed by atoms with Crippen LogP contribution in [0, 0.1) is 0 Å². The zero-order chi connectivity index (χ0) is 15.0. The average molecular weight is 293 g/mol. The molecule has 0 unspecified atom stereocenters. The second-order valence-electron chi connectivity index (χ2n) is 4.44. The monoisotopic (exact) mass is 293 g/mol. The summed E-state index contributed by atoms with van der Waals surface area (Å²) in [5, 5.41) is 7.44. The standard InChI is InChI=1S/C14H10F3N3O/c15-14(16,17)21-10-4-1-8(2-5-10)9-3-6-12-11(7-9)13(18)20-19-12/h1-7H,(H3,18,19,20). The lowest BCUT2D eigenvalue weighted by Gasteiger charge is -2.09. The number of hydrogen-bond donors (Lipinski definition) is 2. The minimum Gasteiger partial charge on any atom is -0.406 e. The average Bonchev–Trinajstić information content (AvgIpc) is 2.79. The van der Waals surface area contributed by atoms with Crippen molar-refractivity contribution >= 4 is 16.7 Å². The van der Waals surface area contributed by atoms with Gasteiger partial charge in [-0.15, -0.1) is 13.2 Å². The summed E-state index contributed by atoms with van der Waals surface area (Å²) < 4.78 is 40.1. The van der Waals surface area contributed by atoms with Crippen LogP contribution in [-0.2, 0) is 0 Å². The van der Waals surface area contributed by atoms with Crippen LogP contribution in [0.2, 0.25) is 0 Å². The van der Waals surface area contributed by atoms with Crippen molar-refractivity contribution in [2.45, 2.75) is 6.36 Å². The molecule has 0 aliphatic rings. The second kappa shape index (κ2) is 4.69. The highest BCUT2D eigenvalue weighted by molar-refractivity contribution is 5.92. The van der Waals surface area contributed by atoms with Crippen molar-refractivity contribution in [2.75, 3.05) is 5.73 Å². The van der Waals surface area contributed by atoms with Gasteiger partial charge in [0.2, 0.25) is 0 Å². The number of nitrogens with two attached hydrogens (primary N) is 1. The van der Waals surface area contributed by atoms with Crippen LogP contribution in [0.15, 0.2) is 42.5 Å². The van der Waals surface area contributed by atoms with E-state index in [-0.39, 0.29) is 5.75 Å². The Balaban J connectivity index is 1.93. The topological polar surface area (TPSA) is 63.9 Å². The van der Waals surface area contributed by atoms with E-state index < -0.39 is 6.36 Å². The minimum absolute atomic E-state index is 0.254. The number of rotatable bonds is 2. The van der Waals surface area contributed by atoms with E-state index in [1.54, 1.807) is 12.1 Å². The number of alkyl halides is 3. The number of hydrogen-bond acceptors (Lipinski definition) is 3. The molecule has 0 saturated heterocycles. The summed E-state index contributed by atoms with van der Waals surface area (Å²) in [5.41, 5.74) is 8.11. The molecule has 0 aliphatic heterocycles. The number of aromatic amines is 1. The first kappa shape index (κ1) is 13.3. The summed E-state index contributed by atoms with van der Waals surface area (Å²) >= 11 is 0. The van der Waals surface area contributed by atoms with Crippen LogP contribution in [0.1, 0.15) is 0 Å². The Hall–Kier alpha value is -2.70. The fourth-order valence-electron chi connectivity index (χ4n) is 2.06. The number of nitrogens with one attached hydrogen (secondary N) is 1. The molecule has 3 rings (SSSR count). The van der Waals surface area contributed by atoms with Gasteiger partial charge >= 0.3 is 6.36 Å². The summed E-state index contributed by atoms with van der Waals surface area (Å²) in [6, 6.07) is 11.1. The number of nitrogens with zero attached hydrogens (tertiary/aromatic N) is 1. The lowest BCUT2D eigenvalue weighted by Crippen LogP contribution is -2.16. The molecule has 0 fully saturated rings. The first-order chi connectivity index (χ1) is 9.92. The molecule has 0 saturated carbocycles. The Kier molecular flexibility index (Phi) is 2.97. The Morgan fingerprint density at radius 2 is 1.67 bits per heavy atom. The van der Waals surface area contributed by atoms with E-state index in [4.69, 9.17) is 5.73 Å². The molecule has 1 aromatic heterocycles. The molecule has 3 aromatic rings. The lowest BCUT2D eigenvalue weighted by atomic mass is 10.0. The predicted octanol–water partition coefficient (Wildman–Crippen LogP) is 3.71. The molecular weight excluding hydrogens is 283 g/mol. The van der Waals surface area contributed by atoms with Crippen molar-refractivity contribution in [1.29, 1.82) is 0 Å². The maximum Gasteiger partial charge on any atom is 0.573 e. The van der Waals surface area contributed by atoms with Crippen LogP contribution in [0.4, 0.5) is 19.0 Å². The Morgan fingerprint density at radius 1 is 1.00 bits per heavy atom. The number of benzene rings is 2. The summed E-state index contributed by atoms with van der Waals surface area (Å²) in [6.07, 6.45) is -4.69. The fraction of sp³-hybridized carbons (Fsp3) is 0.0714. The van der Waals surface area contributed by atoms with E-state index in [1.165, 1.54) is 12.1 Å². The molecule has 7 heteroatoms. The van der Waals surface area contributed by atoms with Crippen LogP contribution >= 0.6 is 0 Å². The third-order valence-corrected chi connectivity index (χ3v) is 3.01. The van der Waals surface area contributed by atoms with E-state index in [1.807, 2.05) is 18.2 Å². The summed E-state index contributed by atoms with van der Waals surface area (Å²) in [6.45, 7) is 0. The molecule has 0 bridgehead atoms. The van der Waals surface area contributed by atoms with Crippen molar-refractivity contribution in [3.8, 4) is 16.9 Å². The fourth-order valence-corrected chi connectivity index (χ4v) is 2.06. The molecule has 21 heavy (non-hydrogen) atoms. The normalized spacial score (nSPS) is 11.8. The van der Waals surface area contributed by atoms with Crippen LogP contribution in [-0.4, -0.2) is 16.6 Å². The zero-order valence-electron chi connectivity index (χ0n) is 10.6. The molecular formula is C14H10F3N3O. The van der Waals surface area contributed by atoms with Gasteiger partial charge < -0.3 is 10.5 Å². The van der Waals surface area contributed by atoms with E-state index in [2.05, 4.69) is 14.9 Å². The first-order valence-corrected chi connectivity index (χ1v) is 6.02. The summed E-state index contributed by atoms with van der Waals surface area (Å²) in [7, 11) is 0. The molecule has 0 atom stereocenters. The van der Waals surface area contributed by atoms with Crippen LogP contribution < -0.4 is 10.5 Å². The van der Waals surface area contributed by atoms with Crippen molar-refractivity contribution < 1.29 is 17.9 Å². The van der Waals surface area contributed by atoms with Gasteiger partial charge in [-0.05, 0) is 35.4 Å². The maximum absolute atomic E-state index is 12.1.